The summed E-state index contributed by atoms with van der Waals surface area (Å²) in [6, 6.07) is 3.56. The van der Waals surface area contributed by atoms with E-state index in [9.17, 15) is 4.39 Å². The summed E-state index contributed by atoms with van der Waals surface area (Å²) in [6.07, 6.45) is 0. The van der Waals surface area contributed by atoms with Crippen molar-refractivity contribution in [3.05, 3.63) is 27.4 Å². The molecular formula is C12H15BrClFN2. The maximum Gasteiger partial charge on any atom is 0.125 e. The fourth-order valence-electron chi connectivity index (χ4n) is 2.14. The lowest BCUT2D eigenvalue weighted by Crippen LogP contribution is -2.54. The standard InChI is InChI=1S/C12H15BrClFN2/c1-7-6-17(8(2)5-16-7)12-10(13)3-9(15)4-11(12)14/h3-4,7-8,16H,5-6H2,1-2H3. The number of rotatable bonds is 1. The first-order chi connectivity index (χ1) is 7.99. The van der Waals surface area contributed by atoms with E-state index in [0.717, 1.165) is 18.8 Å². The van der Waals surface area contributed by atoms with Gasteiger partial charge >= 0.3 is 0 Å². The van der Waals surface area contributed by atoms with Crippen molar-refractivity contribution in [2.24, 2.45) is 0 Å². The Morgan fingerprint density at radius 3 is 2.82 bits per heavy atom. The third-order valence-electron chi connectivity index (χ3n) is 3.03. The van der Waals surface area contributed by atoms with Gasteiger partial charge < -0.3 is 10.2 Å². The third-order valence-corrected chi connectivity index (χ3v) is 3.93. The molecule has 1 N–H and O–H groups in total. The molecule has 5 heteroatoms. The van der Waals surface area contributed by atoms with Gasteiger partial charge in [-0.25, -0.2) is 4.39 Å². The summed E-state index contributed by atoms with van der Waals surface area (Å²) >= 11 is 9.54. The quantitative estimate of drug-likeness (QED) is 0.852. The van der Waals surface area contributed by atoms with Gasteiger partial charge in [0.25, 0.3) is 0 Å². The van der Waals surface area contributed by atoms with Crippen LogP contribution in [0.25, 0.3) is 0 Å². The first kappa shape index (κ1) is 13.1. The van der Waals surface area contributed by atoms with E-state index in [1.54, 1.807) is 0 Å². The van der Waals surface area contributed by atoms with Crippen LogP contribution in [0.5, 0.6) is 0 Å². The highest BCUT2D eigenvalue weighted by Gasteiger charge is 2.26. The second kappa shape index (κ2) is 5.12. The maximum absolute atomic E-state index is 13.2. The molecule has 1 aromatic rings. The highest BCUT2D eigenvalue weighted by atomic mass is 79.9. The lowest BCUT2D eigenvalue weighted by Gasteiger charge is -2.40. The molecule has 0 spiro atoms. The Bertz CT molecular complexity index is 404. The second-order valence-electron chi connectivity index (χ2n) is 4.53. The van der Waals surface area contributed by atoms with E-state index >= 15 is 0 Å². The lowest BCUT2D eigenvalue weighted by molar-refractivity contribution is 0.424. The minimum atomic E-state index is -0.318. The van der Waals surface area contributed by atoms with Crippen molar-refractivity contribution >= 4 is 33.2 Å². The largest absolute Gasteiger partial charge is 0.364 e. The van der Waals surface area contributed by atoms with Gasteiger partial charge in [0, 0.05) is 29.6 Å². The lowest BCUT2D eigenvalue weighted by atomic mass is 10.1. The van der Waals surface area contributed by atoms with E-state index in [0.29, 0.717) is 21.6 Å². The van der Waals surface area contributed by atoms with Crippen LogP contribution in [-0.2, 0) is 0 Å². The minimum Gasteiger partial charge on any atom is -0.364 e. The van der Waals surface area contributed by atoms with Crippen molar-refractivity contribution in [2.75, 3.05) is 18.0 Å². The molecule has 2 nitrogen and oxygen atoms in total. The van der Waals surface area contributed by atoms with Crippen molar-refractivity contribution in [1.82, 2.24) is 5.32 Å². The summed E-state index contributed by atoms with van der Waals surface area (Å²) in [6.45, 7) is 6.03. The van der Waals surface area contributed by atoms with Gasteiger partial charge in [-0.1, -0.05) is 11.6 Å². The van der Waals surface area contributed by atoms with Crippen molar-refractivity contribution in [3.63, 3.8) is 0 Å². The van der Waals surface area contributed by atoms with Crippen LogP contribution in [0.15, 0.2) is 16.6 Å². The van der Waals surface area contributed by atoms with E-state index in [2.05, 4.69) is 40.0 Å². The molecule has 2 atom stereocenters. The van der Waals surface area contributed by atoms with Crippen molar-refractivity contribution in [3.8, 4) is 0 Å². The predicted molar refractivity (Wildman–Crippen MR) is 73.4 cm³/mol. The number of anilines is 1. The topological polar surface area (TPSA) is 15.3 Å². The van der Waals surface area contributed by atoms with Crippen LogP contribution in [-0.4, -0.2) is 25.2 Å². The summed E-state index contributed by atoms with van der Waals surface area (Å²) in [5.41, 5.74) is 0.883. The number of nitrogens with zero attached hydrogens (tertiary/aromatic N) is 1. The molecule has 0 radical (unpaired) electrons. The Kier molecular flexibility index (Phi) is 3.95. The predicted octanol–water partition coefficient (Wildman–Crippen LogP) is 3.43. The molecule has 0 saturated carbocycles. The van der Waals surface area contributed by atoms with Gasteiger partial charge in [-0.05, 0) is 41.9 Å². The Labute approximate surface area is 114 Å². The van der Waals surface area contributed by atoms with Crippen LogP contribution in [0.3, 0.4) is 0 Å². The zero-order chi connectivity index (χ0) is 12.6. The normalized spacial score (nSPS) is 25.1. The highest BCUT2D eigenvalue weighted by molar-refractivity contribution is 9.10. The molecule has 2 unspecified atom stereocenters. The molecule has 17 heavy (non-hydrogen) atoms. The average molecular weight is 322 g/mol. The first-order valence-electron chi connectivity index (χ1n) is 5.63. The fraction of sp³-hybridized carbons (Fsp3) is 0.500. The molecule has 2 rings (SSSR count). The molecule has 0 aliphatic carbocycles. The van der Waals surface area contributed by atoms with Crippen LogP contribution < -0.4 is 10.2 Å². The molecule has 1 saturated heterocycles. The number of hydrogen-bond donors (Lipinski definition) is 1. The SMILES string of the molecule is CC1CN(c2c(Cl)cc(F)cc2Br)C(C)CN1. The fourth-order valence-corrected chi connectivity index (χ4v) is 3.23. The molecule has 1 fully saturated rings. The molecule has 0 bridgehead atoms. The number of piperazine rings is 1. The molecule has 94 valence electrons. The third kappa shape index (κ3) is 2.75. The van der Waals surface area contributed by atoms with Crippen molar-refractivity contribution < 1.29 is 4.39 Å². The van der Waals surface area contributed by atoms with Gasteiger partial charge in [-0.3, -0.25) is 0 Å². The molecule has 1 aliphatic rings. The number of nitrogens with one attached hydrogen (secondary N) is 1. The first-order valence-corrected chi connectivity index (χ1v) is 6.80. The van der Waals surface area contributed by atoms with Gasteiger partial charge in [0.05, 0.1) is 10.7 Å². The monoisotopic (exact) mass is 320 g/mol. The second-order valence-corrected chi connectivity index (χ2v) is 5.79. The summed E-state index contributed by atoms with van der Waals surface area (Å²) < 4.78 is 13.9. The Hall–Kier alpha value is -0.320. The Morgan fingerprint density at radius 2 is 2.18 bits per heavy atom. The van der Waals surface area contributed by atoms with Crippen LogP contribution in [0.1, 0.15) is 13.8 Å². The van der Waals surface area contributed by atoms with Crippen LogP contribution >= 0.6 is 27.5 Å². The van der Waals surface area contributed by atoms with Crippen LogP contribution in [0.4, 0.5) is 10.1 Å². The van der Waals surface area contributed by atoms with E-state index in [1.165, 1.54) is 12.1 Å². The van der Waals surface area contributed by atoms with Crippen molar-refractivity contribution in [1.29, 1.82) is 0 Å². The van der Waals surface area contributed by atoms with Crippen LogP contribution in [0, 0.1) is 5.82 Å². The number of hydrogen-bond acceptors (Lipinski definition) is 2. The van der Waals surface area contributed by atoms with E-state index in [1.807, 2.05) is 0 Å². The summed E-state index contributed by atoms with van der Waals surface area (Å²) in [7, 11) is 0. The summed E-state index contributed by atoms with van der Waals surface area (Å²) in [5.74, 6) is -0.318. The smallest absolute Gasteiger partial charge is 0.125 e. The molecule has 1 aromatic carbocycles. The Morgan fingerprint density at radius 1 is 1.47 bits per heavy atom. The molecule has 0 aromatic heterocycles. The molecule has 1 heterocycles. The average Bonchev–Trinajstić information content (AvgIpc) is 2.21. The summed E-state index contributed by atoms with van der Waals surface area (Å²) in [4.78, 5) is 2.22. The number of benzene rings is 1. The maximum atomic E-state index is 13.2. The van der Waals surface area contributed by atoms with E-state index < -0.39 is 0 Å². The molecular weight excluding hydrogens is 307 g/mol. The zero-order valence-corrected chi connectivity index (χ0v) is 12.1. The van der Waals surface area contributed by atoms with Gasteiger partial charge in [-0.2, -0.15) is 0 Å². The van der Waals surface area contributed by atoms with Crippen molar-refractivity contribution in [2.45, 2.75) is 25.9 Å². The van der Waals surface area contributed by atoms with E-state index in [4.69, 9.17) is 11.6 Å². The van der Waals surface area contributed by atoms with Gasteiger partial charge in [0.1, 0.15) is 5.82 Å². The number of halogens is 3. The zero-order valence-electron chi connectivity index (χ0n) is 9.80. The van der Waals surface area contributed by atoms with E-state index in [-0.39, 0.29) is 5.82 Å². The van der Waals surface area contributed by atoms with Crippen LogP contribution in [0.2, 0.25) is 5.02 Å². The van der Waals surface area contributed by atoms with Gasteiger partial charge in [0.15, 0.2) is 0 Å². The highest BCUT2D eigenvalue weighted by Crippen LogP contribution is 2.36. The van der Waals surface area contributed by atoms with Gasteiger partial charge in [-0.15, -0.1) is 0 Å². The molecule has 0 amide bonds. The summed E-state index contributed by atoms with van der Waals surface area (Å²) in [5, 5.41) is 3.86. The minimum absolute atomic E-state index is 0.318. The molecule has 1 aliphatic heterocycles. The Balaban J connectivity index is 2.38. The van der Waals surface area contributed by atoms with Gasteiger partial charge in [0.2, 0.25) is 0 Å².